The molecule has 0 unspecified atom stereocenters. The zero-order valence-corrected chi connectivity index (χ0v) is 34.7. The molecule has 0 saturated carbocycles. The van der Waals surface area contributed by atoms with Crippen molar-refractivity contribution in [3.63, 3.8) is 0 Å². The number of thiophene rings is 1. The Kier molecular flexibility index (Phi) is 9.33. The van der Waals surface area contributed by atoms with E-state index in [1.807, 2.05) is 41.7 Å². The largest absolute Gasteiger partial charge is 0.454 e. The highest BCUT2D eigenvalue weighted by atomic mass is 32.1. The summed E-state index contributed by atoms with van der Waals surface area (Å²) in [7, 11) is 0. The number of hydrogen-bond acceptors (Lipinski definition) is 4. The van der Waals surface area contributed by atoms with Gasteiger partial charge in [0.25, 0.3) is 0 Å². The molecule has 0 N–H and O–H groups in total. The van der Waals surface area contributed by atoms with E-state index in [-0.39, 0.29) is 0 Å². The van der Waals surface area contributed by atoms with Crippen LogP contribution >= 0.6 is 11.3 Å². The number of anilines is 5. The predicted molar refractivity (Wildman–Crippen MR) is 265 cm³/mol. The highest BCUT2D eigenvalue weighted by Crippen LogP contribution is 2.54. The van der Waals surface area contributed by atoms with Crippen molar-refractivity contribution in [1.29, 1.82) is 0 Å². The fourth-order valence-corrected chi connectivity index (χ4v) is 10.1. The number of benzene rings is 9. The lowest BCUT2D eigenvalue weighted by Crippen LogP contribution is -2.15. The Labute approximate surface area is 365 Å². The van der Waals surface area contributed by atoms with E-state index >= 15 is 0 Å². The average molecular weight is 813 g/mol. The molecule has 0 amide bonds. The van der Waals surface area contributed by atoms with Gasteiger partial charge in [0.15, 0.2) is 5.75 Å². The van der Waals surface area contributed by atoms with Gasteiger partial charge >= 0.3 is 0 Å². The van der Waals surface area contributed by atoms with Gasteiger partial charge in [-0.25, -0.2) is 0 Å². The van der Waals surface area contributed by atoms with Crippen molar-refractivity contribution in [2.45, 2.75) is 0 Å². The quantitative estimate of drug-likeness (QED) is 0.128. The lowest BCUT2D eigenvalue weighted by molar-refractivity contribution is 0.488. The first-order chi connectivity index (χ1) is 30.7. The standard InChI is InChI=1S/C58H40N2OS/c1-3-15-43(4-2)59(44-19-9-6-10-20-44)47-35-36-49-51-23-13-18-42-30-37-53(57(56(42)51)61-54(49)38-47)60(45-31-26-40(27-32-45)39-16-7-5-8-17-39)46-33-28-41(29-34-46)48-22-14-24-52-50-21-11-12-25-55(50)62-58(48)52/h3-38H,1-2H2/b43-15+. The van der Waals surface area contributed by atoms with Crippen LogP contribution in [0.5, 0.6) is 11.5 Å². The Hall–Kier alpha value is -7.92. The van der Waals surface area contributed by atoms with Crippen LogP contribution in [-0.2, 0) is 0 Å². The number of fused-ring (bicyclic) bond motifs is 5. The molecular formula is C58H40N2OS. The van der Waals surface area contributed by atoms with Crippen molar-refractivity contribution in [3.05, 3.63) is 237 Å². The molecule has 9 aromatic carbocycles. The monoisotopic (exact) mass is 812 g/mol. The molecule has 0 saturated heterocycles. The van der Waals surface area contributed by atoms with Crippen LogP contribution in [0.25, 0.3) is 64.3 Å². The normalized spacial score (nSPS) is 11.9. The van der Waals surface area contributed by atoms with Crippen LogP contribution in [0.4, 0.5) is 28.4 Å². The van der Waals surface area contributed by atoms with E-state index in [1.165, 1.54) is 36.9 Å². The summed E-state index contributed by atoms with van der Waals surface area (Å²) < 4.78 is 9.84. The zero-order chi connectivity index (χ0) is 41.6. The van der Waals surface area contributed by atoms with Gasteiger partial charge in [0, 0.05) is 65.6 Å². The number of nitrogens with zero attached hydrogens (tertiary/aromatic N) is 2. The summed E-state index contributed by atoms with van der Waals surface area (Å²) in [6, 6.07) is 71.5. The number of para-hydroxylation sites is 1. The molecule has 11 rings (SSSR count). The molecule has 2 heterocycles. The van der Waals surface area contributed by atoms with Crippen molar-refractivity contribution < 1.29 is 4.74 Å². The highest BCUT2D eigenvalue weighted by Gasteiger charge is 2.28. The third-order valence-electron chi connectivity index (χ3n) is 11.8. The molecule has 1 aliphatic heterocycles. The molecule has 294 valence electrons. The van der Waals surface area contributed by atoms with Crippen molar-refractivity contribution in [1.82, 2.24) is 0 Å². The van der Waals surface area contributed by atoms with Gasteiger partial charge in [0.2, 0.25) is 0 Å². The molecule has 0 fully saturated rings. The van der Waals surface area contributed by atoms with Gasteiger partial charge in [-0.2, -0.15) is 0 Å². The Morgan fingerprint density at radius 1 is 0.500 bits per heavy atom. The summed E-state index contributed by atoms with van der Waals surface area (Å²) in [6.07, 6.45) is 5.63. The summed E-state index contributed by atoms with van der Waals surface area (Å²) in [5.74, 6) is 1.59. The maximum absolute atomic E-state index is 7.24. The van der Waals surface area contributed by atoms with Crippen LogP contribution in [0.15, 0.2) is 237 Å². The van der Waals surface area contributed by atoms with Crippen LogP contribution in [-0.4, -0.2) is 0 Å². The Morgan fingerprint density at radius 2 is 1.15 bits per heavy atom. The molecule has 62 heavy (non-hydrogen) atoms. The Bertz CT molecular complexity index is 3350. The van der Waals surface area contributed by atoms with Gasteiger partial charge in [-0.3, -0.25) is 0 Å². The molecule has 3 nitrogen and oxygen atoms in total. The molecule has 0 aliphatic carbocycles. The maximum Gasteiger partial charge on any atom is 0.159 e. The molecule has 4 heteroatoms. The van der Waals surface area contributed by atoms with Crippen molar-refractivity contribution in [3.8, 4) is 44.9 Å². The van der Waals surface area contributed by atoms with Crippen LogP contribution in [0.2, 0.25) is 0 Å². The molecule has 0 atom stereocenters. The van der Waals surface area contributed by atoms with Gasteiger partial charge in [-0.15, -0.1) is 11.3 Å². The maximum atomic E-state index is 7.24. The first-order valence-corrected chi connectivity index (χ1v) is 21.6. The molecule has 0 spiro atoms. The van der Waals surface area contributed by atoms with Gasteiger partial charge in [-0.05, 0) is 106 Å². The van der Waals surface area contributed by atoms with Crippen LogP contribution in [0.1, 0.15) is 0 Å². The second kappa shape index (κ2) is 15.6. The number of allylic oxidation sites excluding steroid dienone is 3. The minimum Gasteiger partial charge on any atom is -0.454 e. The molecule has 1 aromatic heterocycles. The lowest BCUT2D eigenvalue weighted by Gasteiger charge is -2.32. The summed E-state index contributed by atoms with van der Waals surface area (Å²) >= 11 is 1.86. The third kappa shape index (κ3) is 6.37. The molecule has 1 aliphatic rings. The minimum absolute atomic E-state index is 0.782. The Morgan fingerprint density at radius 3 is 1.90 bits per heavy atom. The van der Waals surface area contributed by atoms with E-state index < -0.39 is 0 Å². The first-order valence-electron chi connectivity index (χ1n) is 20.8. The first kappa shape index (κ1) is 37.1. The van der Waals surface area contributed by atoms with Crippen molar-refractivity contribution in [2.75, 3.05) is 9.80 Å². The van der Waals surface area contributed by atoms with E-state index in [2.05, 4.69) is 205 Å². The van der Waals surface area contributed by atoms with E-state index in [0.29, 0.717) is 0 Å². The fraction of sp³-hybridized carbons (Fsp3) is 0. The Balaban J connectivity index is 1.07. The molecule has 10 aromatic rings. The smallest absolute Gasteiger partial charge is 0.159 e. The predicted octanol–water partition coefficient (Wildman–Crippen LogP) is 17.2. The average Bonchev–Trinajstić information content (AvgIpc) is 3.72. The van der Waals surface area contributed by atoms with E-state index in [4.69, 9.17) is 4.74 Å². The van der Waals surface area contributed by atoms with Crippen LogP contribution in [0.3, 0.4) is 0 Å². The third-order valence-corrected chi connectivity index (χ3v) is 13.0. The highest BCUT2D eigenvalue weighted by molar-refractivity contribution is 7.26. The molecule has 0 bridgehead atoms. The second-order valence-electron chi connectivity index (χ2n) is 15.4. The summed E-state index contributed by atoms with van der Waals surface area (Å²) in [5, 5.41) is 4.80. The van der Waals surface area contributed by atoms with Crippen LogP contribution in [0, 0.1) is 0 Å². The summed E-state index contributed by atoms with van der Waals surface area (Å²) in [4.78, 5) is 4.51. The van der Waals surface area contributed by atoms with E-state index in [0.717, 1.165) is 73.1 Å². The van der Waals surface area contributed by atoms with Gasteiger partial charge in [0.05, 0.1) is 5.69 Å². The van der Waals surface area contributed by atoms with E-state index in [9.17, 15) is 0 Å². The van der Waals surface area contributed by atoms with Crippen molar-refractivity contribution in [2.24, 2.45) is 0 Å². The zero-order valence-electron chi connectivity index (χ0n) is 33.9. The van der Waals surface area contributed by atoms with Gasteiger partial charge < -0.3 is 14.5 Å². The SMILES string of the molecule is C=C/C=C(\C=C)N(c1ccccc1)c1ccc2c(c1)Oc1c(N(c3ccc(-c4ccccc4)cc3)c3ccc(-c4cccc5c4sc4ccccc45)cc3)ccc3cccc-2c13. The number of ether oxygens (including phenoxy) is 1. The number of rotatable bonds is 10. The van der Waals surface area contributed by atoms with Gasteiger partial charge in [-0.1, -0.05) is 153 Å². The number of hydrogen-bond donors (Lipinski definition) is 0. The van der Waals surface area contributed by atoms with Gasteiger partial charge in [0.1, 0.15) is 5.75 Å². The topological polar surface area (TPSA) is 15.7 Å². The summed E-state index contributed by atoms with van der Waals surface area (Å²) in [5.41, 5.74) is 12.8. The molecular weight excluding hydrogens is 773 g/mol. The second-order valence-corrected chi connectivity index (χ2v) is 16.4. The summed E-state index contributed by atoms with van der Waals surface area (Å²) in [6.45, 7) is 8.15. The molecule has 0 radical (unpaired) electrons. The minimum atomic E-state index is 0.782. The van der Waals surface area contributed by atoms with Crippen LogP contribution < -0.4 is 14.5 Å². The van der Waals surface area contributed by atoms with E-state index in [1.54, 1.807) is 6.08 Å². The lowest BCUT2D eigenvalue weighted by atomic mass is 9.93. The fourth-order valence-electron chi connectivity index (χ4n) is 8.91. The van der Waals surface area contributed by atoms with Crippen molar-refractivity contribution >= 4 is 70.7 Å².